The van der Waals surface area contributed by atoms with Crippen LogP contribution < -0.4 is 4.74 Å². The maximum absolute atomic E-state index is 13.9. The predicted molar refractivity (Wildman–Crippen MR) is 172 cm³/mol. The van der Waals surface area contributed by atoms with Gasteiger partial charge in [0.15, 0.2) is 0 Å². The Balaban J connectivity index is 1.53. The highest BCUT2D eigenvalue weighted by Crippen LogP contribution is 2.26. The lowest BCUT2D eigenvalue weighted by molar-refractivity contribution is -0.135. The fourth-order valence-corrected chi connectivity index (χ4v) is 5.68. The van der Waals surface area contributed by atoms with E-state index in [0.29, 0.717) is 61.8 Å². The van der Waals surface area contributed by atoms with Gasteiger partial charge in [-0.3, -0.25) is 19.1 Å². The number of carbonyl (C=O) groups is 3. The zero-order chi connectivity index (χ0) is 31.6. The van der Waals surface area contributed by atoms with Crippen molar-refractivity contribution >= 4 is 29.3 Å². The van der Waals surface area contributed by atoms with E-state index in [2.05, 4.69) is 5.10 Å². The molecule has 0 spiro atoms. The molecule has 1 atom stereocenters. The fourth-order valence-electron chi connectivity index (χ4n) is 5.51. The summed E-state index contributed by atoms with van der Waals surface area (Å²) in [6.07, 6.45) is 6.29. The molecule has 0 radical (unpaired) electrons. The molecule has 0 saturated heterocycles. The van der Waals surface area contributed by atoms with Crippen molar-refractivity contribution in [3.63, 3.8) is 0 Å². The van der Waals surface area contributed by atoms with Gasteiger partial charge in [0.25, 0.3) is 5.91 Å². The molecule has 0 unspecified atom stereocenters. The molecule has 1 aliphatic heterocycles. The highest BCUT2D eigenvalue weighted by atomic mass is 35.5. The van der Waals surface area contributed by atoms with Crippen LogP contribution in [-0.2, 0) is 29.5 Å². The van der Waals surface area contributed by atoms with Gasteiger partial charge in [-0.15, -0.1) is 0 Å². The number of likely N-dealkylation sites (N-methyl/N-ethyl adjacent to an activating group) is 2. The first-order valence-corrected chi connectivity index (χ1v) is 15.8. The first-order chi connectivity index (χ1) is 21.2. The Labute approximate surface area is 265 Å². The summed E-state index contributed by atoms with van der Waals surface area (Å²) >= 11 is 6.32. The first-order valence-electron chi connectivity index (χ1n) is 15.4. The van der Waals surface area contributed by atoms with Gasteiger partial charge in [0.2, 0.25) is 11.8 Å². The van der Waals surface area contributed by atoms with Crippen LogP contribution in [0.5, 0.6) is 5.75 Å². The zero-order valence-corrected chi connectivity index (χ0v) is 27.1. The van der Waals surface area contributed by atoms with Crippen molar-refractivity contribution in [3.05, 3.63) is 82.1 Å². The van der Waals surface area contributed by atoms with Crippen LogP contribution in [0.4, 0.5) is 0 Å². The maximum atomic E-state index is 13.9. The second-order valence-electron chi connectivity index (χ2n) is 11.5. The Morgan fingerprint density at radius 2 is 1.68 bits per heavy atom. The second kappa shape index (κ2) is 15.7. The molecule has 4 rings (SSSR count). The highest BCUT2D eigenvalue weighted by Gasteiger charge is 2.31. The van der Waals surface area contributed by atoms with Crippen molar-refractivity contribution in [1.82, 2.24) is 24.5 Å². The normalized spacial score (nSPS) is 17.7. The number of halogens is 1. The van der Waals surface area contributed by atoms with Gasteiger partial charge in [-0.25, -0.2) is 0 Å². The Bertz CT molecular complexity index is 1430. The molecule has 10 heteroatoms. The van der Waals surface area contributed by atoms with E-state index in [1.165, 1.54) is 4.90 Å². The van der Waals surface area contributed by atoms with Gasteiger partial charge in [-0.2, -0.15) is 5.10 Å². The number of fused-ring (bicyclic) bond motifs is 1. The van der Waals surface area contributed by atoms with Crippen LogP contribution in [0.1, 0.15) is 59.3 Å². The predicted octanol–water partition coefficient (Wildman–Crippen LogP) is 4.94. The Morgan fingerprint density at radius 3 is 2.39 bits per heavy atom. The van der Waals surface area contributed by atoms with Gasteiger partial charge in [0.05, 0.1) is 18.4 Å². The lowest BCUT2D eigenvalue weighted by Gasteiger charge is -2.31. The number of rotatable bonds is 5. The molecule has 0 saturated carbocycles. The number of aromatic nitrogens is 2. The average Bonchev–Trinajstić information content (AvgIpc) is 3.35. The van der Waals surface area contributed by atoms with E-state index in [9.17, 15) is 14.4 Å². The number of amides is 3. The van der Waals surface area contributed by atoms with E-state index < -0.39 is 6.04 Å². The summed E-state index contributed by atoms with van der Waals surface area (Å²) in [7, 11) is 5.35. The number of nitrogens with zero attached hydrogens (tertiary/aromatic N) is 5. The minimum absolute atomic E-state index is 0.117. The quantitative estimate of drug-likeness (QED) is 0.403. The van der Waals surface area contributed by atoms with Crippen molar-refractivity contribution in [3.8, 4) is 5.75 Å². The molecule has 44 heavy (non-hydrogen) atoms. The van der Waals surface area contributed by atoms with Crippen molar-refractivity contribution < 1.29 is 19.1 Å². The van der Waals surface area contributed by atoms with Crippen LogP contribution in [-0.4, -0.2) is 88.6 Å². The van der Waals surface area contributed by atoms with E-state index in [0.717, 1.165) is 42.5 Å². The van der Waals surface area contributed by atoms with Gasteiger partial charge in [-0.1, -0.05) is 41.9 Å². The molecule has 2 heterocycles. The topological polar surface area (TPSA) is 88.0 Å². The minimum atomic E-state index is -0.716. The summed E-state index contributed by atoms with van der Waals surface area (Å²) in [6, 6.07) is 14.0. The Hall–Kier alpha value is -3.85. The maximum Gasteiger partial charge on any atom is 0.258 e. The Kier molecular flexibility index (Phi) is 11.8. The molecule has 9 nitrogen and oxygen atoms in total. The van der Waals surface area contributed by atoms with Crippen LogP contribution in [0, 0.1) is 6.92 Å². The molecule has 3 amide bonds. The summed E-state index contributed by atoms with van der Waals surface area (Å²) in [5.41, 5.74) is 3.44. The SMILES string of the molecule is Cc1c(CCC(=O)N2CCCCOc3ccc(Cl)cc3C(=O)N(C)[C@@H](Cc3ccccc3)C(=O)N(C)CCCC2)cnn1C. The van der Waals surface area contributed by atoms with E-state index in [1.807, 2.05) is 60.1 Å². The number of ether oxygens (including phenoxy) is 1. The number of aryl methyl sites for hydroxylation is 2. The van der Waals surface area contributed by atoms with Gasteiger partial charge >= 0.3 is 0 Å². The highest BCUT2D eigenvalue weighted by molar-refractivity contribution is 6.31. The third-order valence-electron chi connectivity index (χ3n) is 8.44. The van der Waals surface area contributed by atoms with E-state index >= 15 is 0 Å². The zero-order valence-electron chi connectivity index (χ0n) is 26.3. The average molecular weight is 622 g/mol. The van der Waals surface area contributed by atoms with Crippen LogP contribution in [0.2, 0.25) is 5.02 Å². The van der Waals surface area contributed by atoms with E-state index in [-0.39, 0.29) is 17.7 Å². The van der Waals surface area contributed by atoms with Crippen molar-refractivity contribution in [1.29, 1.82) is 0 Å². The third-order valence-corrected chi connectivity index (χ3v) is 8.68. The van der Waals surface area contributed by atoms with Gasteiger partial charge in [0, 0.05) is 64.3 Å². The number of hydrogen-bond donors (Lipinski definition) is 0. The number of hydrogen-bond acceptors (Lipinski definition) is 5. The number of benzene rings is 2. The molecule has 1 aliphatic rings. The van der Waals surface area contributed by atoms with Crippen molar-refractivity contribution in [2.45, 2.75) is 57.9 Å². The third kappa shape index (κ3) is 8.62. The monoisotopic (exact) mass is 621 g/mol. The second-order valence-corrected chi connectivity index (χ2v) is 12.0. The summed E-state index contributed by atoms with van der Waals surface area (Å²) in [4.78, 5) is 46.2. The van der Waals surface area contributed by atoms with Crippen LogP contribution in [0.25, 0.3) is 0 Å². The summed E-state index contributed by atoms with van der Waals surface area (Å²) in [5, 5.41) is 4.72. The summed E-state index contributed by atoms with van der Waals surface area (Å²) < 4.78 is 7.92. The van der Waals surface area contributed by atoms with Crippen molar-refractivity contribution in [2.24, 2.45) is 7.05 Å². The molecule has 2 aromatic carbocycles. The largest absolute Gasteiger partial charge is 0.493 e. The fraction of sp³-hybridized carbons (Fsp3) is 0.471. The van der Waals surface area contributed by atoms with E-state index in [4.69, 9.17) is 16.3 Å². The molecule has 3 aromatic rings. The van der Waals surface area contributed by atoms with Gasteiger partial charge in [-0.05, 0) is 68.4 Å². The molecule has 0 N–H and O–H groups in total. The smallest absolute Gasteiger partial charge is 0.258 e. The van der Waals surface area contributed by atoms with E-state index in [1.54, 1.807) is 37.2 Å². The molecular formula is C34H44ClN5O4. The molecule has 0 bridgehead atoms. The van der Waals surface area contributed by atoms with Crippen LogP contribution in [0.3, 0.4) is 0 Å². The van der Waals surface area contributed by atoms with Crippen LogP contribution >= 0.6 is 11.6 Å². The molecule has 0 fully saturated rings. The Morgan fingerprint density at radius 1 is 0.977 bits per heavy atom. The lowest BCUT2D eigenvalue weighted by Crippen LogP contribution is -2.49. The summed E-state index contributed by atoms with van der Waals surface area (Å²) in [6.45, 7) is 4.17. The first kappa shape index (κ1) is 33.1. The minimum Gasteiger partial charge on any atom is -0.493 e. The summed E-state index contributed by atoms with van der Waals surface area (Å²) in [5.74, 6) is 0.0784. The van der Waals surface area contributed by atoms with Gasteiger partial charge in [0.1, 0.15) is 11.8 Å². The standard InChI is InChI=1S/C34H44ClN5O4/c1-25-27(24-36-39(25)4)14-17-32(41)40-19-9-8-18-37(2)34(43)30(22-26-12-6-5-7-13-26)38(3)33(42)29-23-28(35)15-16-31(29)44-21-11-10-20-40/h5-7,12-13,15-16,23-24,30H,8-11,14,17-22H2,1-4H3/t30-/m0/s1. The molecule has 236 valence electrons. The molecular weight excluding hydrogens is 578 g/mol. The lowest BCUT2D eigenvalue weighted by atomic mass is 10.0. The van der Waals surface area contributed by atoms with Crippen LogP contribution in [0.15, 0.2) is 54.7 Å². The van der Waals surface area contributed by atoms with Crippen molar-refractivity contribution in [2.75, 3.05) is 40.3 Å². The van der Waals surface area contributed by atoms with Gasteiger partial charge < -0.3 is 19.4 Å². The molecule has 1 aromatic heterocycles. The number of carbonyl (C=O) groups excluding carboxylic acids is 3. The molecule has 0 aliphatic carbocycles.